The van der Waals surface area contributed by atoms with Crippen LogP contribution in [0.3, 0.4) is 0 Å². The summed E-state index contributed by atoms with van der Waals surface area (Å²) < 4.78 is 6.98. The number of halogens is 1. The number of hydrogen-bond acceptors (Lipinski definition) is 2. The SMILES string of the molecule is CNC(Cc1ccc(I)cc1)C(OC)c1ccccc1. The molecule has 0 heterocycles. The Kier molecular flexibility index (Phi) is 6.01. The molecule has 3 heteroatoms. The van der Waals surface area contributed by atoms with Gasteiger partial charge in [0.25, 0.3) is 0 Å². The fourth-order valence-corrected chi connectivity index (χ4v) is 2.77. The normalized spacial score (nSPS) is 13.9. The average molecular weight is 381 g/mol. The van der Waals surface area contributed by atoms with Crippen molar-refractivity contribution in [3.05, 3.63) is 69.3 Å². The molecule has 2 unspecified atom stereocenters. The molecule has 0 spiro atoms. The first-order valence-corrected chi connectivity index (χ1v) is 7.82. The van der Waals surface area contributed by atoms with Gasteiger partial charge in [-0.2, -0.15) is 0 Å². The van der Waals surface area contributed by atoms with E-state index >= 15 is 0 Å². The molecular weight excluding hydrogens is 361 g/mol. The van der Waals surface area contributed by atoms with Crippen molar-refractivity contribution in [1.82, 2.24) is 5.32 Å². The summed E-state index contributed by atoms with van der Waals surface area (Å²) in [5, 5.41) is 3.39. The lowest BCUT2D eigenvalue weighted by Crippen LogP contribution is -2.35. The van der Waals surface area contributed by atoms with Gasteiger partial charge in [0.2, 0.25) is 0 Å². The maximum atomic E-state index is 5.72. The molecule has 0 fully saturated rings. The molecule has 0 aliphatic rings. The van der Waals surface area contributed by atoms with Gasteiger partial charge >= 0.3 is 0 Å². The first kappa shape index (κ1) is 15.5. The van der Waals surface area contributed by atoms with E-state index in [4.69, 9.17) is 4.74 Å². The van der Waals surface area contributed by atoms with Gasteiger partial charge in [-0.25, -0.2) is 0 Å². The van der Waals surface area contributed by atoms with Gasteiger partial charge in [0.05, 0.1) is 6.10 Å². The quantitative estimate of drug-likeness (QED) is 0.769. The number of hydrogen-bond donors (Lipinski definition) is 1. The fraction of sp³-hybridized carbons (Fsp3) is 0.294. The Balaban J connectivity index is 2.15. The highest BCUT2D eigenvalue weighted by molar-refractivity contribution is 14.1. The van der Waals surface area contributed by atoms with Crippen molar-refractivity contribution >= 4 is 22.6 Å². The molecule has 106 valence electrons. The third-order valence-corrected chi connectivity index (χ3v) is 4.21. The van der Waals surface area contributed by atoms with Crippen LogP contribution in [0.5, 0.6) is 0 Å². The molecule has 2 aromatic rings. The van der Waals surface area contributed by atoms with Crippen molar-refractivity contribution in [1.29, 1.82) is 0 Å². The van der Waals surface area contributed by atoms with E-state index in [1.165, 1.54) is 14.7 Å². The van der Waals surface area contributed by atoms with Gasteiger partial charge in [-0.3, -0.25) is 0 Å². The van der Waals surface area contributed by atoms with Crippen molar-refractivity contribution < 1.29 is 4.74 Å². The third-order valence-electron chi connectivity index (χ3n) is 3.49. The minimum atomic E-state index is 0.0560. The summed E-state index contributed by atoms with van der Waals surface area (Å²) in [6.45, 7) is 0. The van der Waals surface area contributed by atoms with E-state index in [-0.39, 0.29) is 12.1 Å². The molecule has 0 aromatic heterocycles. The maximum Gasteiger partial charge on any atom is 0.0977 e. The second-order valence-corrected chi connectivity index (χ2v) is 6.04. The zero-order valence-corrected chi connectivity index (χ0v) is 14.0. The first-order valence-electron chi connectivity index (χ1n) is 6.74. The first-order chi connectivity index (χ1) is 9.74. The molecule has 0 aliphatic heterocycles. The third kappa shape index (κ3) is 4.04. The Morgan fingerprint density at radius 3 is 2.25 bits per heavy atom. The van der Waals surface area contributed by atoms with Crippen LogP contribution in [0.1, 0.15) is 17.2 Å². The van der Waals surface area contributed by atoms with E-state index in [1.54, 1.807) is 7.11 Å². The average Bonchev–Trinajstić information content (AvgIpc) is 2.50. The number of nitrogens with one attached hydrogen (secondary N) is 1. The van der Waals surface area contributed by atoms with Gasteiger partial charge in [0.1, 0.15) is 0 Å². The standard InChI is InChI=1S/C17H20INO/c1-19-16(12-13-8-10-15(18)11-9-13)17(20-2)14-6-4-3-5-7-14/h3-11,16-17,19H,12H2,1-2H3. The van der Waals surface area contributed by atoms with Crippen molar-refractivity contribution in [2.45, 2.75) is 18.6 Å². The van der Waals surface area contributed by atoms with E-state index in [2.05, 4.69) is 76.4 Å². The zero-order valence-electron chi connectivity index (χ0n) is 11.8. The summed E-state index contributed by atoms with van der Waals surface area (Å²) in [4.78, 5) is 0. The largest absolute Gasteiger partial charge is 0.375 e. The van der Waals surface area contributed by atoms with E-state index in [0.717, 1.165) is 6.42 Å². The fourth-order valence-electron chi connectivity index (χ4n) is 2.41. The smallest absolute Gasteiger partial charge is 0.0977 e. The molecular formula is C17H20INO. The van der Waals surface area contributed by atoms with Crippen molar-refractivity contribution in [3.63, 3.8) is 0 Å². The lowest BCUT2D eigenvalue weighted by molar-refractivity contribution is 0.0704. The van der Waals surface area contributed by atoms with Crippen LogP contribution in [-0.2, 0) is 11.2 Å². The van der Waals surface area contributed by atoms with Gasteiger partial charge in [-0.05, 0) is 59.3 Å². The molecule has 2 rings (SSSR count). The Morgan fingerprint density at radius 1 is 1.05 bits per heavy atom. The predicted molar refractivity (Wildman–Crippen MR) is 91.9 cm³/mol. The topological polar surface area (TPSA) is 21.3 Å². The summed E-state index contributed by atoms with van der Waals surface area (Å²) >= 11 is 2.33. The summed E-state index contributed by atoms with van der Waals surface area (Å²) in [6, 6.07) is 19.3. The van der Waals surface area contributed by atoms with E-state index < -0.39 is 0 Å². The van der Waals surface area contributed by atoms with Crippen molar-refractivity contribution in [2.24, 2.45) is 0 Å². The minimum Gasteiger partial charge on any atom is -0.375 e. The minimum absolute atomic E-state index is 0.0560. The summed E-state index contributed by atoms with van der Waals surface area (Å²) in [6.07, 6.45) is 1.00. The Morgan fingerprint density at radius 2 is 1.70 bits per heavy atom. The van der Waals surface area contributed by atoms with Crippen LogP contribution in [0.15, 0.2) is 54.6 Å². The number of benzene rings is 2. The Bertz CT molecular complexity index is 512. The van der Waals surface area contributed by atoms with Gasteiger partial charge < -0.3 is 10.1 Å². The zero-order chi connectivity index (χ0) is 14.4. The lowest BCUT2D eigenvalue weighted by atomic mass is 9.96. The van der Waals surface area contributed by atoms with E-state index in [9.17, 15) is 0 Å². The molecule has 2 aromatic carbocycles. The van der Waals surface area contributed by atoms with Gasteiger partial charge in [-0.1, -0.05) is 42.5 Å². The maximum absolute atomic E-state index is 5.72. The number of methoxy groups -OCH3 is 1. The van der Waals surface area contributed by atoms with Gasteiger partial charge in [0.15, 0.2) is 0 Å². The number of rotatable bonds is 6. The molecule has 0 amide bonds. The highest BCUT2D eigenvalue weighted by Crippen LogP contribution is 2.23. The van der Waals surface area contributed by atoms with E-state index in [0.29, 0.717) is 0 Å². The van der Waals surface area contributed by atoms with Crippen LogP contribution >= 0.6 is 22.6 Å². The van der Waals surface area contributed by atoms with Crippen LogP contribution in [0.25, 0.3) is 0 Å². The molecule has 0 saturated carbocycles. The molecule has 2 nitrogen and oxygen atoms in total. The van der Waals surface area contributed by atoms with Gasteiger partial charge in [0, 0.05) is 16.7 Å². The second-order valence-electron chi connectivity index (χ2n) is 4.79. The van der Waals surface area contributed by atoms with Gasteiger partial charge in [-0.15, -0.1) is 0 Å². The Hall–Kier alpha value is -0.910. The van der Waals surface area contributed by atoms with Crippen LogP contribution in [0.4, 0.5) is 0 Å². The van der Waals surface area contributed by atoms with Crippen molar-refractivity contribution in [2.75, 3.05) is 14.2 Å². The molecule has 0 radical (unpaired) electrons. The molecule has 0 saturated heterocycles. The molecule has 0 aliphatic carbocycles. The molecule has 2 atom stereocenters. The van der Waals surface area contributed by atoms with Crippen LogP contribution in [0.2, 0.25) is 0 Å². The Labute approximate surface area is 134 Å². The monoisotopic (exact) mass is 381 g/mol. The van der Waals surface area contributed by atoms with E-state index in [1.807, 2.05) is 13.1 Å². The number of ether oxygens (including phenoxy) is 1. The molecule has 1 N–H and O–H groups in total. The lowest BCUT2D eigenvalue weighted by Gasteiger charge is -2.26. The summed E-state index contributed by atoms with van der Waals surface area (Å²) in [5.41, 5.74) is 2.53. The molecule has 0 bridgehead atoms. The number of likely N-dealkylation sites (N-methyl/N-ethyl adjacent to an activating group) is 1. The second kappa shape index (κ2) is 7.76. The van der Waals surface area contributed by atoms with Crippen molar-refractivity contribution in [3.8, 4) is 0 Å². The highest BCUT2D eigenvalue weighted by Gasteiger charge is 2.21. The summed E-state index contributed by atoms with van der Waals surface area (Å²) in [5.74, 6) is 0. The summed E-state index contributed by atoms with van der Waals surface area (Å²) in [7, 11) is 3.77. The molecule has 20 heavy (non-hydrogen) atoms. The predicted octanol–water partition coefficient (Wildman–Crippen LogP) is 3.81. The van der Waals surface area contributed by atoms with Crippen LogP contribution < -0.4 is 5.32 Å². The van der Waals surface area contributed by atoms with Crippen LogP contribution in [0, 0.1) is 3.57 Å². The highest BCUT2D eigenvalue weighted by atomic mass is 127. The van der Waals surface area contributed by atoms with Crippen LogP contribution in [-0.4, -0.2) is 20.2 Å².